The zero-order valence-electron chi connectivity index (χ0n) is 12.3. The van der Waals surface area contributed by atoms with E-state index < -0.39 is 0 Å². The van der Waals surface area contributed by atoms with Gasteiger partial charge in [0.1, 0.15) is 0 Å². The van der Waals surface area contributed by atoms with E-state index in [-0.39, 0.29) is 5.91 Å². The van der Waals surface area contributed by atoms with E-state index in [1.165, 1.54) is 19.3 Å². The van der Waals surface area contributed by atoms with Gasteiger partial charge in [0.25, 0.3) is 0 Å². The van der Waals surface area contributed by atoms with Crippen LogP contribution in [0.2, 0.25) is 5.02 Å². The van der Waals surface area contributed by atoms with Crippen LogP contribution in [0.4, 0.5) is 0 Å². The Hall–Kier alpha value is -1.06. The molecule has 1 rings (SSSR count). The van der Waals surface area contributed by atoms with Crippen molar-refractivity contribution in [2.75, 3.05) is 19.6 Å². The Morgan fingerprint density at radius 2 is 2.05 bits per heavy atom. The van der Waals surface area contributed by atoms with Crippen molar-refractivity contribution < 1.29 is 4.79 Å². The molecule has 0 aliphatic heterocycles. The van der Waals surface area contributed by atoms with Gasteiger partial charge in [0.15, 0.2) is 0 Å². The molecule has 0 bridgehead atoms. The monoisotopic (exact) mass is 296 g/mol. The zero-order valence-corrected chi connectivity index (χ0v) is 13.0. The number of amides is 1. The van der Waals surface area contributed by atoms with Crippen LogP contribution in [0, 0.1) is 0 Å². The topological polar surface area (TPSA) is 41.1 Å². The minimum Gasteiger partial charge on any atom is -0.356 e. The molecule has 0 aromatic heterocycles. The number of halogens is 1. The molecule has 1 aromatic rings. The fourth-order valence-corrected chi connectivity index (χ4v) is 2.17. The minimum atomic E-state index is 0.106. The van der Waals surface area contributed by atoms with Crippen molar-refractivity contribution in [3.63, 3.8) is 0 Å². The molecule has 0 radical (unpaired) electrons. The zero-order chi connectivity index (χ0) is 14.6. The van der Waals surface area contributed by atoms with Gasteiger partial charge in [0.2, 0.25) is 5.91 Å². The first kappa shape index (κ1) is 17.0. The van der Waals surface area contributed by atoms with E-state index in [9.17, 15) is 4.79 Å². The van der Waals surface area contributed by atoms with Gasteiger partial charge in [-0.05, 0) is 37.1 Å². The predicted octanol–water partition coefficient (Wildman–Crippen LogP) is 3.17. The molecule has 0 saturated heterocycles. The summed E-state index contributed by atoms with van der Waals surface area (Å²) in [6.45, 7) is 4.61. The molecule has 0 aliphatic carbocycles. The van der Waals surface area contributed by atoms with Crippen LogP contribution in [0.5, 0.6) is 0 Å². The molecule has 3 nitrogen and oxygen atoms in total. The highest BCUT2D eigenvalue weighted by atomic mass is 35.5. The second kappa shape index (κ2) is 10.7. The molecule has 112 valence electrons. The van der Waals surface area contributed by atoms with Crippen molar-refractivity contribution >= 4 is 17.5 Å². The maximum Gasteiger partial charge on any atom is 0.221 e. The number of carbonyl (C=O) groups excluding carboxylic acids is 1. The van der Waals surface area contributed by atoms with Gasteiger partial charge in [-0.2, -0.15) is 0 Å². The van der Waals surface area contributed by atoms with E-state index in [4.69, 9.17) is 11.6 Å². The van der Waals surface area contributed by atoms with Gasteiger partial charge in [-0.3, -0.25) is 4.79 Å². The Bertz CT molecular complexity index is 396. The van der Waals surface area contributed by atoms with Crippen molar-refractivity contribution in [3.8, 4) is 0 Å². The lowest BCUT2D eigenvalue weighted by Gasteiger charge is -2.07. The number of rotatable bonds is 10. The summed E-state index contributed by atoms with van der Waals surface area (Å²) in [6, 6.07) is 7.74. The van der Waals surface area contributed by atoms with E-state index in [1.807, 2.05) is 24.3 Å². The van der Waals surface area contributed by atoms with E-state index in [0.29, 0.717) is 13.0 Å². The Labute approximate surface area is 127 Å². The quantitative estimate of drug-likeness (QED) is 0.651. The van der Waals surface area contributed by atoms with E-state index >= 15 is 0 Å². The maximum absolute atomic E-state index is 11.6. The van der Waals surface area contributed by atoms with E-state index in [2.05, 4.69) is 17.6 Å². The summed E-state index contributed by atoms with van der Waals surface area (Å²) >= 11 is 5.91. The lowest BCUT2D eigenvalue weighted by molar-refractivity contribution is -0.120. The number of hydrogen-bond donors (Lipinski definition) is 2. The van der Waals surface area contributed by atoms with Crippen LogP contribution >= 0.6 is 11.6 Å². The van der Waals surface area contributed by atoms with Crippen LogP contribution in [0.3, 0.4) is 0 Å². The van der Waals surface area contributed by atoms with Crippen LogP contribution in [0.1, 0.15) is 38.2 Å². The Morgan fingerprint density at radius 1 is 1.20 bits per heavy atom. The number of hydrogen-bond acceptors (Lipinski definition) is 2. The summed E-state index contributed by atoms with van der Waals surface area (Å²) < 4.78 is 0. The normalized spacial score (nSPS) is 10.5. The molecule has 0 heterocycles. The first-order chi connectivity index (χ1) is 9.72. The molecule has 1 aromatic carbocycles. The average molecular weight is 297 g/mol. The van der Waals surface area contributed by atoms with Gasteiger partial charge in [-0.15, -0.1) is 0 Å². The highest BCUT2D eigenvalue weighted by Gasteiger charge is 2.00. The van der Waals surface area contributed by atoms with Gasteiger partial charge < -0.3 is 10.6 Å². The summed E-state index contributed by atoms with van der Waals surface area (Å²) in [5.41, 5.74) is 1.15. The van der Waals surface area contributed by atoms with Crippen molar-refractivity contribution in [2.45, 2.75) is 39.0 Å². The molecule has 1 amide bonds. The predicted molar refractivity (Wildman–Crippen MR) is 85.2 cm³/mol. The van der Waals surface area contributed by atoms with Crippen LogP contribution < -0.4 is 10.6 Å². The molecule has 0 aliphatic rings. The summed E-state index contributed by atoms with van der Waals surface area (Å²) in [7, 11) is 0. The van der Waals surface area contributed by atoms with Crippen LogP contribution in [0.25, 0.3) is 0 Å². The lowest BCUT2D eigenvalue weighted by Crippen LogP contribution is -2.29. The largest absolute Gasteiger partial charge is 0.356 e. The van der Waals surface area contributed by atoms with Crippen molar-refractivity contribution in [1.82, 2.24) is 10.6 Å². The fourth-order valence-electron chi connectivity index (χ4n) is 1.95. The van der Waals surface area contributed by atoms with Crippen LogP contribution in [-0.2, 0) is 11.2 Å². The number of carbonyl (C=O) groups is 1. The van der Waals surface area contributed by atoms with Gasteiger partial charge in [-0.25, -0.2) is 0 Å². The number of nitrogens with one attached hydrogen (secondary N) is 2. The number of unbranched alkanes of at least 4 members (excludes halogenated alkanes) is 2. The van der Waals surface area contributed by atoms with Crippen LogP contribution in [0.15, 0.2) is 24.3 Å². The highest BCUT2D eigenvalue weighted by molar-refractivity contribution is 6.30. The maximum atomic E-state index is 11.6. The molecule has 4 heteroatoms. The second-order valence-electron chi connectivity index (χ2n) is 4.94. The lowest BCUT2D eigenvalue weighted by atomic mass is 10.1. The van der Waals surface area contributed by atoms with Gasteiger partial charge in [-0.1, -0.05) is 43.5 Å². The van der Waals surface area contributed by atoms with Gasteiger partial charge >= 0.3 is 0 Å². The third kappa shape index (κ3) is 8.18. The van der Waals surface area contributed by atoms with Crippen molar-refractivity contribution in [2.24, 2.45) is 0 Å². The molecule has 0 spiro atoms. The third-order valence-corrected chi connectivity index (χ3v) is 3.35. The first-order valence-electron chi connectivity index (χ1n) is 7.44. The molecule has 0 unspecified atom stereocenters. The second-order valence-corrected chi connectivity index (χ2v) is 5.37. The average Bonchev–Trinajstić information content (AvgIpc) is 2.43. The van der Waals surface area contributed by atoms with E-state index in [1.54, 1.807) is 0 Å². The van der Waals surface area contributed by atoms with Crippen molar-refractivity contribution in [1.29, 1.82) is 0 Å². The first-order valence-corrected chi connectivity index (χ1v) is 7.82. The standard InChI is InChI=1S/C16H25ClN2O/c1-2-3-4-10-18-11-9-16(20)19-12-8-14-6-5-7-15(17)13-14/h5-7,13,18H,2-4,8-12H2,1H3,(H,19,20). The molecule has 0 atom stereocenters. The third-order valence-electron chi connectivity index (χ3n) is 3.11. The molecular formula is C16H25ClN2O. The number of benzene rings is 1. The summed E-state index contributed by atoms with van der Waals surface area (Å²) in [5.74, 6) is 0.106. The Morgan fingerprint density at radius 3 is 2.80 bits per heavy atom. The summed E-state index contributed by atoms with van der Waals surface area (Å²) in [6.07, 6.45) is 5.02. The van der Waals surface area contributed by atoms with Crippen LogP contribution in [-0.4, -0.2) is 25.5 Å². The van der Waals surface area contributed by atoms with Gasteiger partial charge in [0, 0.05) is 24.5 Å². The molecular weight excluding hydrogens is 272 g/mol. The Kier molecular flexibility index (Phi) is 9.09. The van der Waals surface area contributed by atoms with E-state index in [0.717, 1.165) is 30.1 Å². The Balaban J connectivity index is 2.03. The molecule has 0 fully saturated rings. The molecule has 2 N–H and O–H groups in total. The summed E-state index contributed by atoms with van der Waals surface area (Å²) in [4.78, 5) is 11.6. The smallest absolute Gasteiger partial charge is 0.221 e. The molecule has 0 saturated carbocycles. The minimum absolute atomic E-state index is 0.106. The van der Waals surface area contributed by atoms with Crippen molar-refractivity contribution in [3.05, 3.63) is 34.9 Å². The highest BCUT2D eigenvalue weighted by Crippen LogP contribution is 2.10. The SMILES string of the molecule is CCCCCNCCC(=O)NCCc1cccc(Cl)c1. The summed E-state index contributed by atoms with van der Waals surface area (Å²) in [5, 5.41) is 6.96. The fraction of sp³-hybridized carbons (Fsp3) is 0.562. The molecule has 20 heavy (non-hydrogen) atoms. The van der Waals surface area contributed by atoms with Gasteiger partial charge in [0.05, 0.1) is 0 Å².